The smallest absolute Gasteiger partial charge is 0.328 e. The van der Waals surface area contributed by atoms with Gasteiger partial charge in [0.05, 0.1) is 7.11 Å². The molecular formula is C19H20O4. The maximum Gasteiger partial charge on any atom is 0.328 e. The summed E-state index contributed by atoms with van der Waals surface area (Å²) in [4.78, 5) is 10.6. The molecule has 0 saturated heterocycles. The number of ether oxygens (including phenoxy) is 2. The molecule has 2 aromatic carbocycles. The van der Waals surface area contributed by atoms with Crippen LogP contribution in [0.15, 0.2) is 42.5 Å². The number of carboxylic acid groups (broad SMARTS) is 1. The first-order valence-corrected chi connectivity index (χ1v) is 7.28. The number of carbonyl (C=O) groups is 1. The van der Waals surface area contributed by atoms with Crippen LogP contribution >= 0.6 is 0 Å². The summed E-state index contributed by atoms with van der Waals surface area (Å²) >= 11 is 0. The van der Waals surface area contributed by atoms with E-state index in [4.69, 9.17) is 14.6 Å². The summed E-state index contributed by atoms with van der Waals surface area (Å²) in [5.41, 5.74) is 3.93. The Morgan fingerprint density at radius 2 is 1.96 bits per heavy atom. The monoisotopic (exact) mass is 312 g/mol. The van der Waals surface area contributed by atoms with E-state index in [1.807, 2.05) is 44.2 Å². The van der Waals surface area contributed by atoms with Crippen molar-refractivity contribution in [2.75, 3.05) is 7.11 Å². The van der Waals surface area contributed by atoms with Crippen LogP contribution in [0.5, 0.6) is 11.5 Å². The van der Waals surface area contributed by atoms with Gasteiger partial charge in [-0.05, 0) is 54.8 Å². The highest BCUT2D eigenvalue weighted by Crippen LogP contribution is 2.25. The van der Waals surface area contributed by atoms with E-state index in [2.05, 4.69) is 0 Å². The van der Waals surface area contributed by atoms with Crippen molar-refractivity contribution < 1.29 is 19.4 Å². The highest BCUT2D eigenvalue weighted by molar-refractivity contribution is 5.85. The number of rotatable bonds is 6. The van der Waals surface area contributed by atoms with Crippen LogP contribution in [-0.4, -0.2) is 18.2 Å². The van der Waals surface area contributed by atoms with Crippen LogP contribution in [-0.2, 0) is 11.4 Å². The van der Waals surface area contributed by atoms with E-state index in [0.717, 1.165) is 28.5 Å². The van der Waals surface area contributed by atoms with Crippen molar-refractivity contribution in [3.05, 3.63) is 64.7 Å². The molecule has 23 heavy (non-hydrogen) atoms. The summed E-state index contributed by atoms with van der Waals surface area (Å²) < 4.78 is 11.3. The third-order valence-electron chi connectivity index (χ3n) is 3.66. The molecule has 2 rings (SSSR count). The molecule has 1 N–H and O–H groups in total. The van der Waals surface area contributed by atoms with Gasteiger partial charge in [0, 0.05) is 11.6 Å². The first-order chi connectivity index (χ1) is 11.0. The summed E-state index contributed by atoms with van der Waals surface area (Å²) in [6.07, 6.45) is 2.65. The summed E-state index contributed by atoms with van der Waals surface area (Å²) in [7, 11) is 1.60. The zero-order valence-electron chi connectivity index (χ0n) is 13.5. The fraction of sp³-hybridized carbons (Fsp3) is 0.211. The van der Waals surface area contributed by atoms with Crippen LogP contribution in [0.3, 0.4) is 0 Å². The molecule has 0 aliphatic heterocycles. The second-order valence-corrected chi connectivity index (χ2v) is 5.23. The van der Waals surface area contributed by atoms with E-state index in [1.165, 1.54) is 5.56 Å². The highest BCUT2D eigenvalue weighted by atomic mass is 16.5. The molecule has 4 nitrogen and oxygen atoms in total. The van der Waals surface area contributed by atoms with Crippen molar-refractivity contribution in [3.8, 4) is 11.5 Å². The van der Waals surface area contributed by atoms with Gasteiger partial charge in [-0.1, -0.05) is 18.2 Å². The summed E-state index contributed by atoms with van der Waals surface area (Å²) in [6, 6.07) is 11.4. The van der Waals surface area contributed by atoms with Crippen molar-refractivity contribution in [2.24, 2.45) is 0 Å². The molecule has 0 fully saturated rings. The molecule has 0 aromatic heterocycles. The van der Waals surface area contributed by atoms with Gasteiger partial charge in [-0.25, -0.2) is 4.79 Å². The van der Waals surface area contributed by atoms with E-state index < -0.39 is 5.97 Å². The van der Waals surface area contributed by atoms with Gasteiger partial charge in [-0.15, -0.1) is 0 Å². The average molecular weight is 312 g/mol. The molecule has 0 spiro atoms. The maximum atomic E-state index is 10.6. The van der Waals surface area contributed by atoms with E-state index in [1.54, 1.807) is 19.3 Å². The first-order valence-electron chi connectivity index (χ1n) is 7.28. The topological polar surface area (TPSA) is 55.8 Å². The normalized spacial score (nSPS) is 10.7. The van der Waals surface area contributed by atoms with E-state index in [9.17, 15) is 4.79 Å². The highest BCUT2D eigenvalue weighted by Gasteiger charge is 2.07. The zero-order chi connectivity index (χ0) is 16.8. The molecule has 4 heteroatoms. The van der Waals surface area contributed by atoms with E-state index in [-0.39, 0.29) is 0 Å². The molecular weight excluding hydrogens is 292 g/mol. The van der Waals surface area contributed by atoms with Crippen molar-refractivity contribution in [2.45, 2.75) is 20.5 Å². The van der Waals surface area contributed by atoms with Gasteiger partial charge in [0.1, 0.15) is 18.1 Å². The lowest BCUT2D eigenvalue weighted by Crippen LogP contribution is -2.01. The molecule has 2 aromatic rings. The summed E-state index contributed by atoms with van der Waals surface area (Å²) in [5.74, 6) is 0.565. The van der Waals surface area contributed by atoms with Crippen LogP contribution in [0.2, 0.25) is 0 Å². The predicted molar refractivity (Wildman–Crippen MR) is 89.9 cm³/mol. The summed E-state index contributed by atoms with van der Waals surface area (Å²) in [5, 5.41) is 8.72. The predicted octanol–water partition coefficient (Wildman–Crippen LogP) is 3.99. The van der Waals surface area contributed by atoms with Crippen molar-refractivity contribution in [1.82, 2.24) is 0 Å². The third-order valence-corrected chi connectivity index (χ3v) is 3.66. The fourth-order valence-corrected chi connectivity index (χ4v) is 2.22. The minimum absolute atomic E-state index is 0.349. The Bertz CT molecular complexity index is 732. The molecule has 0 unspecified atom stereocenters. The Kier molecular flexibility index (Phi) is 5.41. The molecule has 0 aliphatic rings. The van der Waals surface area contributed by atoms with Gasteiger partial charge in [0.2, 0.25) is 0 Å². The molecule has 0 aliphatic carbocycles. The molecule has 0 heterocycles. The second-order valence-electron chi connectivity index (χ2n) is 5.23. The molecule has 0 atom stereocenters. The van der Waals surface area contributed by atoms with Gasteiger partial charge < -0.3 is 14.6 Å². The van der Waals surface area contributed by atoms with Crippen LogP contribution < -0.4 is 9.47 Å². The van der Waals surface area contributed by atoms with Gasteiger partial charge >= 0.3 is 5.97 Å². The van der Waals surface area contributed by atoms with E-state index >= 15 is 0 Å². The minimum atomic E-state index is -0.978. The standard InChI is InChI=1S/C19H20O4/c1-13-5-4-6-17(14(13)2)23-12-16-11-15(8-10-19(20)21)7-9-18(16)22-3/h4-11H,12H2,1-3H3,(H,20,21). The van der Waals surface area contributed by atoms with Crippen LogP contribution in [0.4, 0.5) is 0 Å². The molecule has 0 saturated carbocycles. The lowest BCUT2D eigenvalue weighted by atomic mass is 10.1. The first kappa shape index (κ1) is 16.6. The van der Waals surface area contributed by atoms with Crippen molar-refractivity contribution in [3.63, 3.8) is 0 Å². The van der Waals surface area contributed by atoms with Crippen molar-refractivity contribution in [1.29, 1.82) is 0 Å². The van der Waals surface area contributed by atoms with Gasteiger partial charge in [-0.3, -0.25) is 0 Å². The molecule has 0 amide bonds. The minimum Gasteiger partial charge on any atom is -0.496 e. The van der Waals surface area contributed by atoms with E-state index in [0.29, 0.717) is 12.4 Å². The Balaban J connectivity index is 2.22. The Morgan fingerprint density at radius 1 is 1.17 bits per heavy atom. The van der Waals surface area contributed by atoms with Gasteiger partial charge in [-0.2, -0.15) is 0 Å². The number of hydrogen-bond donors (Lipinski definition) is 1. The average Bonchev–Trinajstić information content (AvgIpc) is 2.54. The Hall–Kier alpha value is -2.75. The van der Waals surface area contributed by atoms with Crippen molar-refractivity contribution >= 4 is 12.0 Å². The number of methoxy groups -OCH3 is 1. The number of aliphatic carboxylic acids is 1. The van der Waals surface area contributed by atoms with Gasteiger partial charge in [0.25, 0.3) is 0 Å². The quantitative estimate of drug-likeness (QED) is 0.819. The second kappa shape index (κ2) is 7.49. The number of benzene rings is 2. The fourth-order valence-electron chi connectivity index (χ4n) is 2.22. The molecule has 0 radical (unpaired) electrons. The molecule has 0 bridgehead atoms. The van der Waals surface area contributed by atoms with Crippen LogP contribution in [0, 0.1) is 13.8 Å². The Labute approximate surface area is 136 Å². The largest absolute Gasteiger partial charge is 0.496 e. The lowest BCUT2D eigenvalue weighted by Gasteiger charge is -2.13. The SMILES string of the molecule is COc1ccc(C=CC(=O)O)cc1COc1cccc(C)c1C. The lowest BCUT2D eigenvalue weighted by molar-refractivity contribution is -0.131. The summed E-state index contributed by atoms with van der Waals surface area (Å²) in [6.45, 7) is 4.41. The number of carboxylic acids is 1. The van der Waals surface area contributed by atoms with Gasteiger partial charge in [0.15, 0.2) is 0 Å². The maximum absolute atomic E-state index is 10.6. The zero-order valence-corrected chi connectivity index (χ0v) is 13.5. The van der Waals surface area contributed by atoms with Crippen LogP contribution in [0.1, 0.15) is 22.3 Å². The third kappa shape index (κ3) is 4.36. The molecule has 120 valence electrons. The van der Waals surface area contributed by atoms with Crippen LogP contribution in [0.25, 0.3) is 6.08 Å². The number of hydrogen-bond acceptors (Lipinski definition) is 3. The Morgan fingerprint density at radius 3 is 2.65 bits per heavy atom. The number of aryl methyl sites for hydroxylation is 1.